The maximum absolute atomic E-state index is 13.8. The Kier molecular flexibility index (Phi) is 3.93. The Morgan fingerprint density at radius 2 is 2.39 bits per heavy atom. The van der Waals surface area contributed by atoms with Crippen LogP contribution in [0.25, 0.3) is 0 Å². The first kappa shape index (κ1) is 13.0. The number of hydrogen-bond donors (Lipinski definition) is 1. The highest BCUT2D eigenvalue weighted by atomic mass is 19.1. The minimum Gasteiger partial charge on any atom is -0.465 e. The Labute approximate surface area is 105 Å². The molecule has 2 rings (SSSR count). The van der Waals surface area contributed by atoms with Crippen molar-refractivity contribution in [3.8, 4) is 0 Å². The third kappa shape index (κ3) is 2.86. The fraction of sp³-hybridized carbons (Fsp3) is 0.462. The Morgan fingerprint density at radius 3 is 2.94 bits per heavy atom. The number of rotatable bonds is 3. The molecule has 1 aromatic rings. The van der Waals surface area contributed by atoms with E-state index in [1.165, 1.54) is 13.2 Å². The molecule has 0 radical (unpaired) electrons. The van der Waals surface area contributed by atoms with E-state index in [1.54, 1.807) is 12.1 Å². The summed E-state index contributed by atoms with van der Waals surface area (Å²) in [5.74, 6) is -0.962. The normalized spacial score (nSPS) is 20.1. The number of nitrogens with zero attached hydrogens (tertiary/aromatic N) is 1. The number of carbonyl (C=O) groups excluding carboxylic acids is 1. The predicted octanol–water partition coefficient (Wildman–Crippen LogP) is 1.18. The van der Waals surface area contributed by atoms with E-state index in [9.17, 15) is 14.3 Å². The zero-order valence-corrected chi connectivity index (χ0v) is 10.2. The second kappa shape index (κ2) is 5.46. The van der Waals surface area contributed by atoms with Crippen LogP contribution in [0.4, 0.5) is 4.39 Å². The van der Waals surface area contributed by atoms with Crippen LogP contribution in [0.1, 0.15) is 22.3 Å². The van der Waals surface area contributed by atoms with Crippen LogP contribution >= 0.6 is 0 Å². The summed E-state index contributed by atoms with van der Waals surface area (Å²) in [6, 6.07) is 4.33. The standard InChI is InChI=1S/C13H16FNO3/c1-18-13(17)9-2-3-10(12(14)6-9)7-15-5-4-11(16)8-15/h2-3,6,11,16H,4-5,7-8H2,1H3/t11-/m0/s1. The summed E-state index contributed by atoms with van der Waals surface area (Å²) in [5, 5.41) is 9.40. The summed E-state index contributed by atoms with van der Waals surface area (Å²) in [6.07, 6.45) is 0.407. The molecule has 1 aromatic carbocycles. The summed E-state index contributed by atoms with van der Waals surface area (Å²) >= 11 is 0. The molecule has 1 atom stereocenters. The predicted molar refractivity (Wildman–Crippen MR) is 63.6 cm³/mol. The molecular formula is C13H16FNO3. The molecule has 0 unspecified atom stereocenters. The molecule has 4 nitrogen and oxygen atoms in total. The number of carbonyl (C=O) groups is 1. The summed E-state index contributed by atoms with van der Waals surface area (Å²) < 4.78 is 18.3. The number of aliphatic hydroxyl groups is 1. The van der Waals surface area contributed by atoms with E-state index < -0.39 is 11.8 Å². The van der Waals surface area contributed by atoms with Gasteiger partial charge in [0.05, 0.1) is 18.8 Å². The van der Waals surface area contributed by atoms with Crippen LogP contribution in [0, 0.1) is 5.82 Å². The number of hydrogen-bond acceptors (Lipinski definition) is 4. The molecule has 0 spiro atoms. The van der Waals surface area contributed by atoms with E-state index >= 15 is 0 Å². The number of esters is 1. The summed E-state index contributed by atoms with van der Waals surface area (Å²) in [6.45, 7) is 1.78. The van der Waals surface area contributed by atoms with Gasteiger partial charge in [0, 0.05) is 25.2 Å². The summed E-state index contributed by atoms with van der Waals surface area (Å²) in [5.41, 5.74) is 0.733. The van der Waals surface area contributed by atoms with Crippen molar-refractivity contribution in [3.05, 3.63) is 35.1 Å². The minimum atomic E-state index is -0.544. The number of aliphatic hydroxyl groups excluding tert-OH is 1. The lowest BCUT2D eigenvalue weighted by Crippen LogP contribution is -2.22. The van der Waals surface area contributed by atoms with Crippen molar-refractivity contribution in [2.75, 3.05) is 20.2 Å². The van der Waals surface area contributed by atoms with Crippen LogP contribution in [0.15, 0.2) is 18.2 Å². The van der Waals surface area contributed by atoms with Gasteiger partial charge in [-0.05, 0) is 18.6 Å². The fourth-order valence-electron chi connectivity index (χ4n) is 2.12. The van der Waals surface area contributed by atoms with Gasteiger partial charge >= 0.3 is 5.97 Å². The molecule has 1 aliphatic heterocycles. The van der Waals surface area contributed by atoms with Crippen LogP contribution in [-0.2, 0) is 11.3 Å². The van der Waals surface area contributed by atoms with E-state index in [-0.39, 0.29) is 11.7 Å². The lowest BCUT2D eigenvalue weighted by Gasteiger charge is -2.15. The van der Waals surface area contributed by atoms with E-state index in [1.807, 2.05) is 4.90 Å². The van der Waals surface area contributed by atoms with Crippen LogP contribution in [0.2, 0.25) is 0 Å². The van der Waals surface area contributed by atoms with Gasteiger partial charge in [-0.1, -0.05) is 6.07 Å². The van der Waals surface area contributed by atoms with Gasteiger partial charge in [-0.3, -0.25) is 4.90 Å². The first-order chi connectivity index (χ1) is 8.60. The van der Waals surface area contributed by atoms with Crippen molar-refractivity contribution >= 4 is 5.97 Å². The Hall–Kier alpha value is -1.46. The highest BCUT2D eigenvalue weighted by molar-refractivity contribution is 5.89. The van der Waals surface area contributed by atoms with E-state index in [4.69, 9.17) is 0 Å². The molecular weight excluding hydrogens is 237 g/mol. The average Bonchev–Trinajstić information content (AvgIpc) is 2.76. The number of likely N-dealkylation sites (tertiary alicyclic amines) is 1. The van der Waals surface area contributed by atoms with Crippen LogP contribution in [-0.4, -0.2) is 42.3 Å². The molecule has 0 amide bonds. The van der Waals surface area contributed by atoms with Gasteiger partial charge in [0.25, 0.3) is 0 Å². The fourth-order valence-corrected chi connectivity index (χ4v) is 2.12. The Balaban J connectivity index is 2.08. The topological polar surface area (TPSA) is 49.8 Å². The average molecular weight is 253 g/mol. The van der Waals surface area contributed by atoms with Gasteiger partial charge < -0.3 is 9.84 Å². The molecule has 0 saturated carbocycles. The first-order valence-corrected chi connectivity index (χ1v) is 5.87. The summed E-state index contributed by atoms with van der Waals surface area (Å²) in [4.78, 5) is 13.2. The quantitative estimate of drug-likeness (QED) is 0.822. The molecule has 1 fully saturated rings. The lowest BCUT2D eigenvalue weighted by molar-refractivity contribution is 0.0600. The highest BCUT2D eigenvalue weighted by Crippen LogP contribution is 2.17. The molecule has 5 heteroatoms. The first-order valence-electron chi connectivity index (χ1n) is 5.87. The Morgan fingerprint density at radius 1 is 1.61 bits per heavy atom. The van der Waals surface area contributed by atoms with Crippen LogP contribution in [0.3, 0.4) is 0 Å². The smallest absolute Gasteiger partial charge is 0.337 e. The van der Waals surface area contributed by atoms with E-state index in [2.05, 4.69) is 4.74 Å². The third-order valence-electron chi connectivity index (χ3n) is 3.12. The maximum Gasteiger partial charge on any atom is 0.337 e. The highest BCUT2D eigenvalue weighted by Gasteiger charge is 2.21. The van der Waals surface area contributed by atoms with Crippen molar-refractivity contribution in [3.63, 3.8) is 0 Å². The van der Waals surface area contributed by atoms with Crippen molar-refractivity contribution < 1.29 is 19.0 Å². The molecule has 1 N–H and O–H groups in total. The van der Waals surface area contributed by atoms with E-state index in [0.717, 1.165) is 13.0 Å². The van der Waals surface area contributed by atoms with Crippen molar-refractivity contribution in [2.45, 2.75) is 19.1 Å². The number of ether oxygens (including phenoxy) is 1. The van der Waals surface area contributed by atoms with Crippen LogP contribution < -0.4 is 0 Å². The number of β-amino-alcohol motifs (C(OH)–C–C–N with tert-alkyl or cyclic N) is 1. The second-order valence-corrected chi connectivity index (χ2v) is 4.48. The minimum absolute atomic E-state index is 0.209. The number of halogens is 1. The molecule has 1 heterocycles. The Bertz CT molecular complexity index is 450. The largest absolute Gasteiger partial charge is 0.465 e. The lowest BCUT2D eigenvalue weighted by atomic mass is 10.1. The number of benzene rings is 1. The van der Waals surface area contributed by atoms with Crippen molar-refractivity contribution in [2.24, 2.45) is 0 Å². The molecule has 1 saturated heterocycles. The molecule has 98 valence electrons. The van der Waals surface area contributed by atoms with Gasteiger partial charge in [0.15, 0.2) is 0 Å². The SMILES string of the molecule is COC(=O)c1ccc(CN2CC[C@H](O)C2)c(F)c1. The molecule has 0 aromatic heterocycles. The van der Waals surface area contributed by atoms with Gasteiger partial charge in [-0.2, -0.15) is 0 Å². The summed E-state index contributed by atoms with van der Waals surface area (Å²) in [7, 11) is 1.26. The van der Waals surface area contributed by atoms with Crippen LogP contribution in [0.5, 0.6) is 0 Å². The molecule has 0 bridgehead atoms. The monoisotopic (exact) mass is 253 g/mol. The van der Waals surface area contributed by atoms with Gasteiger partial charge in [0.1, 0.15) is 5.82 Å². The third-order valence-corrected chi connectivity index (χ3v) is 3.12. The zero-order valence-electron chi connectivity index (χ0n) is 10.2. The zero-order chi connectivity index (χ0) is 13.1. The maximum atomic E-state index is 13.8. The molecule has 18 heavy (non-hydrogen) atoms. The molecule has 0 aliphatic carbocycles. The van der Waals surface area contributed by atoms with Gasteiger partial charge in [-0.25, -0.2) is 9.18 Å². The van der Waals surface area contributed by atoms with Crippen molar-refractivity contribution in [1.29, 1.82) is 0 Å². The second-order valence-electron chi connectivity index (χ2n) is 4.48. The van der Waals surface area contributed by atoms with Gasteiger partial charge in [-0.15, -0.1) is 0 Å². The number of methoxy groups -OCH3 is 1. The van der Waals surface area contributed by atoms with Crippen molar-refractivity contribution in [1.82, 2.24) is 4.90 Å². The van der Waals surface area contributed by atoms with Gasteiger partial charge in [0.2, 0.25) is 0 Å². The van der Waals surface area contributed by atoms with E-state index in [0.29, 0.717) is 18.7 Å². The molecule has 1 aliphatic rings.